The van der Waals surface area contributed by atoms with Gasteiger partial charge in [0, 0.05) is 25.2 Å². The van der Waals surface area contributed by atoms with Gasteiger partial charge in [-0.1, -0.05) is 41.9 Å². The number of amides is 2. The smallest absolute Gasteiger partial charge is 0.318 e. The van der Waals surface area contributed by atoms with E-state index in [0.717, 1.165) is 5.56 Å². The summed E-state index contributed by atoms with van der Waals surface area (Å²) in [5, 5.41) is 3.88. The van der Waals surface area contributed by atoms with Crippen molar-refractivity contribution in [2.24, 2.45) is 7.05 Å². The van der Waals surface area contributed by atoms with Crippen molar-refractivity contribution in [1.82, 2.24) is 19.8 Å². The number of aromatic nitrogens is 2. The number of carbonyl (C=O) groups excluding carboxylic acids is 1. The maximum absolute atomic E-state index is 12.8. The zero-order valence-electron chi connectivity index (χ0n) is 16.9. The fourth-order valence-electron chi connectivity index (χ4n) is 3.39. The molecule has 1 heterocycles. The van der Waals surface area contributed by atoms with Gasteiger partial charge in [-0.3, -0.25) is 9.36 Å². The Kier molecular flexibility index (Phi) is 6.54. The quantitative estimate of drug-likeness (QED) is 0.667. The molecule has 1 N–H and O–H groups in total. The number of urea groups is 1. The van der Waals surface area contributed by atoms with E-state index >= 15 is 0 Å². The average Bonchev–Trinajstić information content (AvgIpc) is 2.71. The molecule has 0 aliphatic heterocycles. The van der Waals surface area contributed by atoms with Crippen molar-refractivity contribution >= 4 is 28.5 Å². The maximum Gasteiger partial charge on any atom is 0.318 e. The Hall–Kier alpha value is -2.86. The number of nitrogens with one attached hydrogen (secondary N) is 1. The van der Waals surface area contributed by atoms with E-state index in [1.54, 1.807) is 30.1 Å². The van der Waals surface area contributed by atoms with E-state index in [4.69, 9.17) is 11.6 Å². The highest BCUT2D eigenvalue weighted by Gasteiger charge is 2.25. The van der Waals surface area contributed by atoms with Gasteiger partial charge in [-0.05, 0) is 44.0 Å². The summed E-state index contributed by atoms with van der Waals surface area (Å²) in [7, 11) is 1.68. The molecule has 0 saturated heterocycles. The first-order chi connectivity index (χ1) is 13.9. The largest absolute Gasteiger partial charge is 0.338 e. The second kappa shape index (κ2) is 9.09. The molecule has 2 amide bonds. The number of hydrogen-bond donors (Lipinski definition) is 1. The molecule has 0 aliphatic carbocycles. The van der Waals surface area contributed by atoms with Gasteiger partial charge in [-0.25, -0.2) is 9.78 Å². The van der Waals surface area contributed by atoms with Crippen molar-refractivity contribution in [3.05, 3.63) is 75.3 Å². The molecular formula is C22H25ClN4O2. The Bertz CT molecular complexity index is 1070. The number of benzene rings is 2. The molecule has 152 valence electrons. The van der Waals surface area contributed by atoms with Crippen LogP contribution in [0.3, 0.4) is 0 Å². The highest BCUT2D eigenvalue weighted by molar-refractivity contribution is 6.31. The van der Waals surface area contributed by atoms with Crippen molar-refractivity contribution in [3.8, 4) is 0 Å². The predicted octanol–water partition coefficient (Wildman–Crippen LogP) is 3.92. The molecule has 2 aromatic carbocycles. The van der Waals surface area contributed by atoms with Gasteiger partial charge in [0.2, 0.25) is 0 Å². The molecule has 3 aromatic rings. The summed E-state index contributed by atoms with van der Waals surface area (Å²) >= 11 is 6.09. The molecule has 7 heteroatoms. The first-order valence-electron chi connectivity index (χ1n) is 9.67. The van der Waals surface area contributed by atoms with Crippen LogP contribution in [0.4, 0.5) is 4.79 Å². The summed E-state index contributed by atoms with van der Waals surface area (Å²) in [5.41, 5.74) is 1.51. The first kappa shape index (κ1) is 20.9. The van der Waals surface area contributed by atoms with E-state index in [9.17, 15) is 9.59 Å². The number of hydrogen-bond acceptors (Lipinski definition) is 3. The third kappa shape index (κ3) is 4.59. The monoisotopic (exact) mass is 412 g/mol. The molecule has 0 bridgehead atoms. The fraction of sp³-hybridized carbons (Fsp3) is 0.318. The van der Waals surface area contributed by atoms with E-state index in [-0.39, 0.29) is 11.6 Å². The SMILES string of the molecule is CCNC(=O)N(CCc1ccccc1)C(C)c1nc2cc(Cl)ccc2c(=O)n1C. The van der Waals surface area contributed by atoms with E-state index in [2.05, 4.69) is 10.3 Å². The molecular weight excluding hydrogens is 388 g/mol. The normalized spacial score (nSPS) is 12.0. The topological polar surface area (TPSA) is 67.2 Å². The Morgan fingerprint density at radius 1 is 1.24 bits per heavy atom. The zero-order valence-corrected chi connectivity index (χ0v) is 17.6. The average molecular weight is 413 g/mol. The lowest BCUT2D eigenvalue weighted by atomic mass is 10.1. The van der Waals surface area contributed by atoms with Crippen LogP contribution in [0.15, 0.2) is 53.3 Å². The highest BCUT2D eigenvalue weighted by Crippen LogP contribution is 2.22. The molecule has 29 heavy (non-hydrogen) atoms. The number of rotatable bonds is 6. The van der Waals surface area contributed by atoms with Crippen LogP contribution in [0.1, 0.15) is 31.3 Å². The van der Waals surface area contributed by atoms with E-state index in [0.29, 0.717) is 41.3 Å². The van der Waals surface area contributed by atoms with Gasteiger partial charge in [0.05, 0.1) is 16.9 Å². The molecule has 0 fully saturated rings. The van der Waals surface area contributed by atoms with Gasteiger partial charge >= 0.3 is 6.03 Å². The zero-order chi connectivity index (χ0) is 21.0. The summed E-state index contributed by atoms with van der Waals surface area (Å²) in [6.07, 6.45) is 0.704. The molecule has 0 spiro atoms. The van der Waals surface area contributed by atoms with Crippen molar-refractivity contribution < 1.29 is 4.79 Å². The lowest BCUT2D eigenvalue weighted by molar-refractivity contribution is 0.176. The van der Waals surface area contributed by atoms with Crippen molar-refractivity contribution in [1.29, 1.82) is 0 Å². The van der Waals surface area contributed by atoms with Crippen LogP contribution in [0.5, 0.6) is 0 Å². The summed E-state index contributed by atoms with van der Waals surface area (Å²) in [4.78, 5) is 32.0. The summed E-state index contributed by atoms with van der Waals surface area (Å²) in [6, 6.07) is 14.4. The second-order valence-electron chi connectivity index (χ2n) is 6.94. The van der Waals surface area contributed by atoms with Gasteiger partial charge in [0.1, 0.15) is 5.82 Å². The number of fused-ring (bicyclic) bond motifs is 1. The lowest BCUT2D eigenvalue weighted by Gasteiger charge is -2.30. The lowest BCUT2D eigenvalue weighted by Crippen LogP contribution is -2.44. The highest BCUT2D eigenvalue weighted by atomic mass is 35.5. The summed E-state index contributed by atoms with van der Waals surface area (Å²) in [6.45, 7) is 4.79. The van der Waals surface area contributed by atoms with Crippen LogP contribution in [-0.2, 0) is 13.5 Å². The first-order valence-corrected chi connectivity index (χ1v) is 10.0. The maximum atomic E-state index is 12.8. The molecule has 6 nitrogen and oxygen atoms in total. The number of carbonyl (C=O) groups is 1. The molecule has 0 saturated carbocycles. The Morgan fingerprint density at radius 2 is 1.97 bits per heavy atom. The number of nitrogens with zero attached hydrogens (tertiary/aromatic N) is 3. The van der Waals surface area contributed by atoms with E-state index in [1.165, 1.54) is 4.57 Å². The van der Waals surface area contributed by atoms with Crippen LogP contribution in [0.2, 0.25) is 5.02 Å². The van der Waals surface area contributed by atoms with Crippen LogP contribution >= 0.6 is 11.6 Å². The minimum atomic E-state index is -0.397. The Balaban J connectivity index is 1.98. The van der Waals surface area contributed by atoms with Gasteiger partial charge in [-0.15, -0.1) is 0 Å². The summed E-state index contributed by atoms with van der Waals surface area (Å²) < 4.78 is 1.51. The van der Waals surface area contributed by atoms with Gasteiger partial charge in [0.25, 0.3) is 5.56 Å². The molecule has 3 rings (SSSR count). The van der Waals surface area contributed by atoms with Gasteiger partial charge < -0.3 is 10.2 Å². The van der Waals surface area contributed by atoms with E-state index in [1.807, 2.05) is 44.2 Å². The van der Waals surface area contributed by atoms with Crippen LogP contribution in [-0.4, -0.2) is 33.6 Å². The van der Waals surface area contributed by atoms with E-state index < -0.39 is 6.04 Å². The second-order valence-corrected chi connectivity index (χ2v) is 7.37. The van der Waals surface area contributed by atoms with Gasteiger partial charge in [0.15, 0.2) is 0 Å². The molecule has 1 atom stereocenters. The minimum absolute atomic E-state index is 0.160. The molecule has 1 aromatic heterocycles. The summed E-state index contributed by atoms with van der Waals surface area (Å²) in [5.74, 6) is 0.518. The van der Waals surface area contributed by atoms with Crippen molar-refractivity contribution in [3.63, 3.8) is 0 Å². The van der Waals surface area contributed by atoms with Crippen LogP contribution < -0.4 is 10.9 Å². The Morgan fingerprint density at radius 3 is 2.66 bits per heavy atom. The van der Waals surface area contributed by atoms with Crippen molar-refractivity contribution in [2.45, 2.75) is 26.3 Å². The van der Waals surface area contributed by atoms with Crippen molar-refractivity contribution in [2.75, 3.05) is 13.1 Å². The standard InChI is InChI=1S/C22H25ClN4O2/c1-4-24-22(29)27(13-12-16-8-6-5-7-9-16)15(2)20-25-19-14-17(23)10-11-18(19)21(28)26(20)3/h5-11,14-15H,4,12-13H2,1-3H3,(H,24,29). The van der Waals surface area contributed by atoms with Gasteiger partial charge in [-0.2, -0.15) is 0 Å². The molecule has 1 unspecified atom stereocenters. The van der Waals surface area contributed by atoms with Crippen LogP contribution in [0.25, 0.3) is 10.9 Å². The Labute approximate surface area is 175 Å². The molecule has 0 aliphatic rings. The fourth-order valence-corrected chi connectivity index (χ4v) is 3.56. The minimum Gasteiger partial charge on any atom is -0.338 e. The number of halogens is 1. The third-order valence-electron chi connectivity index (χ3n) is 4.99. The molecule has 0 radical (unpaired) electrons. The van der Waals surface area contributed by atoms with Crippen LogP contribution in [0, 0.1) is 0 Å². The predicted molar refractivity (Wildman–Crippen MR) is 116 cm³/mol. The third-order valence-corrected chi connectivity index (χ3v) is 5.22.